The molecule has 0 atom stereocenters. The van der Waals surface area contributed by atoms with E-state index in [1.165, 1.54) is 7.11 Å². The summed E-state index contributed by atoms with van der Waals surface area (Å²) >= 11 is 0. The Morgan fingerprint density at radius 1 is 1.07 bits per heavy atom. The Morgan fingerprint density at radius 3 is 2.60 bits per heavy atom. The lowest BCUT2D eigenvalue weighted by Gasteiger charge is -2.11. The van der Waals surface area contributed by atoms with E-state index in [9.17, 15) is 9.59 Å². The fourth-order valence-corrected chi connectivity index (χ4v) is 2.73. The molecule has 2 N–H and O–H groups in total. The Labute approximate surface area is 174 Å². The first-order valence-corrected chi connectivity index (χ1v) is 9.51. The molecule has 0 saturated carbocycles. The molecule has 8 nitrogen and oxygen atoms in total. The molecular formula is C22H23N3O5. The van der Waals surface area contributed by atoms with Gasteiger partial charge in [-0.1, -0.05) is 30.3 Å². The highest BCUT2D eigenvalue weighted by Crippen LogP contribution is 2.28. The van der Waals surface area contributed by atoms with Crippen LogP contribution in [0.15, 0.2) is 59.1 Å². The quantitative estimate of drug-likeness (QED) is 0.554. The van der Waals surface area contributed by atoms with E-state index in [2.05, 4.69) is 15.8 Å². The summed E-state index contributed by atoms with van der Waals surface area (Å²) in [6, 6.07) is 14.4. The molecule has 8 heteroatoms. The van der Waals surface area contributed by atoms with Gasteiger partial charge in [-0.2, -0.15) is 0 Å². The van der Waals surface area contributed by atoms with Crippen molar-refractivity contribution in [2.24, 2.45) is 0 Å². The number of hydrazine groups is 1. The zero-order valence-electron chi connectivity index (χ0n) is 16.8. The zero-order chi connectivity index (χ0) is 21.3. The average Bonchev–Trinajstić information content (AvgIpc) is 3.26. The molecule has 3 aromatic rings. The Hall–Kier alpha value is -3.81. The number of benzene rings is 2. The van der Waals surface area contributed by atoms with Crippen molar-refractivity contribution in [3.8, 4) is 22.8 Å². The van der Waals surface area contributed by atoms with E-state index in [-0.39, 0.29) is 12.3 Å². The van der Waals surface area contributed by atoms with E-state index in [4.69, 9.17) is 13.9 Å². The topological polar surface area (TPSA) is 103 Å². The molecule has 0 aliphatic heterocycles. The molecule has 0 radical (unpaired) electrons. The van der Waals surface area contributed by atoms with Gasteiger partial charge in [0.15, 0.2) is 23.1 Å². The number of aryl methyl sites for hydroxylation is 1. The molecular weight excluding hydrogens is 386 g/mol. The predicted molar refractivity (Wildman–Crippen MR) is 110 cm³/mol. The third kappa shape index (κ3) is 5.38. The summed E-state index contributed by atoms with van der Waals surface area (Å²) < 4.78 is 16.3. The predicted octanol–water partition coefficient (Wildman–Crippen LogP) is 3.14. The lowest BCUT2D eigenvalue weighted by Crippen LogP contribution is -2.41. The fourth-order valence-electron chi connectivity index (χ4n) is 2.73. The third-order valence-electron chi connectivity index (χ3n) is 4.22. The standard InChI is InChI=1S/C22H23N3O5/c1-3-29-17-10-9-16(13-18(17)28-2)22(27)25-24-20(26)11-12-21-23-14-19(30-21)15-7-5-4-6-8-15/h4-10,13-14H,3,11-12H2,1-2H3,(H,24,26)(H,25,27). The van der Waals surface area contributed by atoms with Crippen LogP contribution in [-0.4, -0.2) is 30.5 Å². The molecule has 0 aliphatic rings. The van der Waals surface area contributed by atoms with E-state index in [1.54, 1.807) is 24.4 Å². The van der Waals surface area contributed by atoms with Gasteiger partial charge in [0.25, 0.3) is 5.91 Å². The van der Waals surface area contributed by atoms with E-state index < -0.39 is 5.91 Å². The van der Waals surface area contributed by atoms with Crippen molar-refractivity contribution in [3.63, 3.8) is 0 Å². The maximum absolute atomic E-state index is 12.3. The summed E-state index contributed by atoms with van der Waals surface area (Å²) in [4.78, 5) is 28.5. The maximum atomic E-state index is 12.3. The molecule has 1 heterocycles. The number of amides is 2. The molecule has 0 spiro atoms. The number of nitrogens with one attached hydrogen (secondary N) is 2. The van der Waals surface area contributed by atoms with Crippen LogP contribution in [-0.2, 0) is 11.2 Å². The van der Waals surface area contributed by atoms with Gasteiger partial charge in [-0.3, -0.25) is 20.4 Å². The molecule has 3 rings (SSSR count). The summed E-state index contributed by atoms with van der Waals surface area (Å²) in [6.07, 6.45) is 2.05. The maximum Gasteiger partial charge on any atom is 0.269 e. The molecule has 0 fully saturated rings. The molecule has 1 aromatic heterocycles. The van der Waals surface area contributed by atoms with Crippen molar-refractivity contribution in [1.82, 2.24) is 15.8 Å². The van der Waals surface area contributed by atoms with Crippen molar-refractivity contribution in [3.05, 3.63) is 66.2 Å². The Balaban J connectivity index is 1.49. The highest BCUT2D eigenvalue weighted by Gasteiger charge is 2.13. The Bertz CT molecular complexity index is 1000. The largest absolute Gasteiger partial charge is 0.493 e. The summed E-state index contributed by atoms with van der Waals surface area (Å²) in [5.41, 5.74) is 6.01. The third-order valence-corrected chi connectivity index (χ3v) is 4.22. The number of hydrogen-bond acceptors (Lipinski definition) is 6. The zero-order valence-corrected chi connectivity index (χ0v) is 16.8. The number of aromatic nitrogens is 1. The van der Waals surface area contributed by atoms with E-state index in [1.807, 2.05) is 37.3 Å². The van der Waals surface area contributed by atoms with Gasteiger partial charge in [0.2, 0.25) is 5.91 Å². The molecule has 30 heavy (non-hydrogen) atoms. The smallest absolute Gasteiger partial charge is 0.269 e. The monoisotopic (exact) mass is 409 g/mol. The highest BCUT2D eigenvalue weighted by atomic mass is 16.5. The van der Waals surface area contributed by atoms with Crippen LogP contribution in [0.3, 0.4) is 0 Å². The minimum atomic E-state index is -0.466. The molecule has 0 bridgehead atoms. The van der Waals surface area contributed by atoms with Crippen LogP contribution in [0, 0.1) is 0 Å². The van der Waals surface area contributed by atoms with Gasteiger partial charge in [-0.05, 0) is 25.1 Å². The van der Waals surface area contributed by atoms with Gasteiger partial charge in [0, 0.05) is 24.0 Å². The molecule has 2 aromatic carbocycles. The van der Waals surface area contributed by atoms with Crippen LogP contribution in [0.25, 0.3) is 11.3 Å². The summed E-state index contributed by atoms with van der Waals surface area (Å²) in [5.74, 6) is 1.25. The minimum absolute atomic E-state index is 0.113. The van der Waals surface area contributed by atoms with Crippen molar-refractivity contribution in [2.75, 3.05) is 13.7 Å². The average molecular weight is 409 g/mol. The number of ether oxygens (including phenoxy) is 2. The number of nitrogens with zero attached hydrogens (tertiary/aromatic N) is 1. The first kappa shape index (κ1) is 20.9. The SMILES string of the molecule is CCOc1ccc(C(=O)NNC(=O)CCc2ncc(-c3ccccc3)o2)cc1OC. The van der Waals surface area contributed by atoms with Gasteiger partial charge >= 0.3 is 0 Å². The van der Waals surface area contributed by atoms with Gasteiger partial charge in [0.1, 0.15) is 0 Å². The van der Waals surface area contributed by atoms with E-state index in [0.29, 0.717) is 41.7 Å². The summed E-state index contributed by atoms with van der Waals surface area (Å²) in [5, 5.41) is 0. The minimum Gasteiger partial charge on any atom is -0.493 e. The first-order valence-electron chi connectivity index (χ1n) is 9.51. The van der Waals surface area contributed by atoms with Crippen molar-refractivity contribution in [2.45, 2.75) is 19.8 Å². The molecule has 0 aliphatic carbocycles. The van der Waals surface area contributed by atoms with Crippen LogP contribution >= 0.6 is 0 Å². The second kappa shape index (κ2) is 10.1. The van der Waals surface area contributed by atoms with E-state index in [0.717, 1.165) is 5.56 Å². The summed E-state index contributed by atoms with van der Waals surface area (Å²) in [6.45, 7) is 2.34. The van der Waals surface area contributed by atoms with Crippen LogP contribution in [0.1, 0.15) is 29.6 Å². The van der Waals surface area contributed by atoms with Gasteiger partial charge in [-0.15, -0.1) is 0 Å². The molecule has 0 saturated heterocycles. The lowest BCUT2D eigenvalue weighted by atomic mass is 10.2. The Morgan fingerprint density at radius 2 is 1.87 bits per heavy atom. The number of carbonyl (C=O) groups excluding carboxylic acids is 2. The molecule has 2 amide bonds. The number of carbonyl (C=O) groups is 2. The molecule has 156 valence electrons. The number of hydrogen-bond donors (Lipinski definition) is 2. The van der Waals surface area contributed by atoms with Gasteiger partial charge < -0.3 is 13.9 Å². The highest BCUT2D eigenvalue weighted by molar-refractivity contribution is 5.96. The number of oxazole rings is 1. The van der Waals surface area contributed by atoms with Crippen molar-refractivity contribution >= 4 is 11.8 Å². The van der Waals surface area contributed by atoms with Gasteiger partial charge in [0.05, 0.1) is 19.9 Å². The van der Waals surface area contributed by atoms with Crippen LogP contribution in [0.2, 0.25) is 0 Å². The van der Waals surface area contributed by atoms with Crippen molar-refractivity contribution < 1.29 is 23.5 Å². The fraction of sp³-hybridized carbons (Fsp3) is 0.227. The van der Waals surface area contributed by atoms with Crippen LogP contribution in [0.5, 0.6) is 11.5 Å². The second-order valence-electron chi connectivity index (χ2n) is 6.29. The van der Waals surface area contributed by atoms with Crippen LogP contribution < -0.4 is 20.3 Å². The van der Waals surface area contributed by atoms with Crippen molar-refractivity contribution in [1.29, 1.82) is 0 Å². The van der Waals surface area contributed by atoms with Gasteiger partial charge in [-0.25, -0.2) is 4.98 Å². The second-order valence-corrected chi connectivity index (χ2v) is 6.29. The summed E-state index contributed by atoms with van der Waals surface area (Å²) in [7, 11) is 1.49. The number of rotatable bonds is 8. The molecule has 0 unspecified atom stereocenters. The van der Waals surface area contributed by atoms with Crippen LogP contribution in [0.4, 0.5) is 0 Å². The first-order chi connectivity index (χ1) is 14.6. The van der Waals surface area contributed by atoms with E-state index >= 15 is 0 Å². The normalized spacial score (nSPS) is 10.3. The lowest BCUT2D eigenvalue weighted by molar-refractivity contribution is -0.121. The number of methoxy groups -OCH3 is 1. The Kier molecular flexibility index (Phi) is 7.05.